The molecule has 0 heterocycles. The number of nitrogens with zero attached hydrogens (tertiary/aromatic N) is 1. The summed E-state index contributed by atoms with van der Waals surface area (Å²) in [4.78, 5) is 37.7. The van der Waals surface area contributed by atoms with Crippen molar-refractivity contribution in [3.63, 3.8) is 0 Å². The van der Waals surface area contributed by atoms with Gasteiger partial charge in [0.25, 0.3) is 7.82 Å². The fourth-order valence-electron chi connectivity index (χ4n) is 9.42. The van der Waals surface area contributed by atoms with Crippen molar-refractivity contribution in [2.45, 2.75) is 328 Å². The van der Waals surface area contributed by atoms with Gasteiger partial charge in [-0.3, -0.25) is 14.2 Å². The van der Waals surface area contributed by atoms with E-state index in [9.17, 15) is 19.0 Å². The molecule has 0 aromatic rings. The van der Waals surface area contributed by atoms with E-state index in [0.717, 1.165) is 32.1 Å². The molecule has 0 saturated heterocycles. The second-order valence-electron chi connectivity index (χ2n) is 22.8. The number of unbranched alkanes of at least 4 members (excludes halogenated alkanes) is 43. The molecule has 2 unspecified atom stereocenters. The Morgan fingerprint density at radius 3 is 1.03 bits per heavy atom. The highest BCUT2D eigenvalue weighted by Gasteiger charge is 2.22. The smallest absolute Gasteiger partial charge is 0.306 e. The molecule has 0 aliphatic heterocycles. The average Bonchev–Trinajstić information content (AvgIpc) is 3.34. The first-order valence-electron chi connectivity index (χ1n) is 31.4. The van der Waals surface area contributed by atoms with E-state index < -0.39 is 26.5 Å². The molecular formula is C62H122NO8P. The molecule has 0 amide bonds. The van der Waals surface area contributed by atoms with Gasteiger partial charge in [-0.25, -0.2) is 0 Å². The Morgan fingerprint density at radius 2 is 0.708 bits per heavy atom. The molecule has 0 N–H and O–H groups in total. The maximum Gasteiger partial charge on any atom is 0.306 e. The Balaban J connectivity index is 3.84. The average molecular weight is 1040 g/mol. The molecule has 2 atom stereocenters. The van der Waals surface area contributed by atoms with Gasteiger partial charge in [-0.2, -0.15) is 0 Å². The lowest BCUT2D eigenvalue weighted by atomic mass is 10.0. The van der Waals surface area contributed by atoms with Crippen LogP contribution < -0.4 is 4.89 Å². The number of carbonyl (C=O) groups is 2. The minimum Gasteiger partial charge on any atom is -0.756 e. The number of allylic oxidation sites excluding steroid dienone is 2. The molecule has 0 aromatic carbocycles. The fourth-order valence-corrected chi connectivity index (χ4v) is 10.1. The molecule has 0 saturated carbocycles. The molecule has 0 spiro atoms. The normalized spacial score (nSPS) is 13.2. The molecule has 0 aliphatic carbocycles. The van der Waals surface area contributed by atoms with Gasteiger partial charge >= 0.3 is 11.9 Å². The van der Waals surface area contributed by atoms with Crippen molar-refractivity contribution in [1.82, 2.24) is 0 Å². The van der Waals surface area contributed by atoms with Crippen molar-refractivity contribution < 1.29 is 42.1 Å². The first-order chi connectivity index (χ1) is 35.0. The van der Waals surface area contributed by atoms with Crippen LogP contribution in [0.15, 0.2) is 12.2 Å². The number of hydrogen-bond donors (Lipinski definition) is 0. The van der Waals surface area contributed by atoms with Crippen LogP contribution in [0.3, 0.4) is 0 Å². The molecule has 0 bridgehead atoms. The zero-order chi connectivity index (χ0) is 52.7. The molecule has 0 aliphatic rings. The van der Waals surface area contributed by atoms with Crippen molar-refractivity contribution in [2.75, 3.05) is 47.5 Å². The molecular weight excluding hydrogens is 918 g/mol. The van der Waals surface area contributed by atoms with Gasteiger partial charge in [0.15, 0.2) is 6.10 Å². The number of rotatable bonds is 59. The van der Waals surface area contributed by atoms with Gasteiger partial charge in [0.05, 0.1) is 27.7 Å². The number of ether oxygens (including phenoxy) is 2. The van der Waals surface area contributed by atoms with Crippen LogP contribution in [0.25, 0.3) is 0 Å². The quantitative estimate of drug-likeness (QED) is 0.0195. The van der Waals surface area contributed by atoms with Crippen LogP contribution in [-0.2, 0) is 32.7 Å². The largest absolute Gasteiger partial charge is 0.756 e. The highest BCUT2D eigenvalue weighted by Crippen LogP contribution is 2.38. The van der Waals surface area contributed by atoms with Crippen molar-refractivity contribution in [3.05, 3.63) is 12.2 Å². The highest BCUT2D eigenvalue weighted by atomic mass is 31.2. The molecule has 0 aromatic heterocycles. The lowest BCUT2D eigenvalue weighted by Crippen LogP contribution is -2.37. The Labute approximate surface area is 447 Å². The SMILES string of the molecule is CCCCCCCCCC/C=C\CCCCCCCCCCCCCCCCCCCCCCCCCCCC(=O)OC(COC(=O)CCCCCCCCCCCCC)COP(=O)([O-])OCC[N+](C)(C)C. The number of phosphoric ester groups is 1. The highest BCUT2D eigenvalue weighted by molar-refractivity contribution is 7.45. The lowest BCUT2D eigenvalue weighted by Gasteiger charge is -2.28. The van der Waals surface area contributed by atoms with E-state index in [2.05, 4.69) is 26.0 Å². The van der Waals surface area contributed by atoms with Crippen LogP contribution >= 0.6 is 7.82 Å². The topological polar surface area (TPSA) is 111 Å². The van der Waals surface area contributed by atoms with Crippen molar-refractivity contribution in [2.24, 2.45) is 0 Å². The van der Waals surface area contributed by atoms with Crippen molar-refractivity contribution in [1.29, 1.82) is 0 Å². The van der Waals surface area contributed by atoms with Crippen LogP contribution in [0.1, 0.15) is 322 Å². The fraction of sp³-hybridized carbons (Fsp3) is 0.935. The van der Waals surface area contributed by atoms with E-state index >= 15 is 0 Å². The third-order valence-corrected chi connectivity index (χ3v) is 15.2. The zero-order valence-corrected chi connectivity index (χ0v) is 49.6. The second-order valence-corrected chi connectivity index (χ2v) is 24.2. The van der Waals surface area contributed by atoms with Gasteiger partial charge in [0.2, 0.25) is 0 Å². The monoisotopic (exact) mass is 1040 g/mol. The lowest BCUT2D eigenvalue weighted by molar-refractivity contribution is -0.870. The summed E-state index contributed by atoms with van der Waals surface area (Å²) in [6, 6.07) is 0. The van der Waals surface area contributed by atoms with E-state index in [-0.39, 0.29) is 32.0 Å². The first kappa shape index (κ1) is 70.8. The van der Waals surface area contributed by atoms with Gasteiger partial charge in [-0.1, -0.05) is 283 Å². The Kier molecular flexibility index (Phi) is 53.6. The van der Waals surface area contributed by atoms with Crippen molar-refractivity contribution >= 4 is 19.8 Å². The Morgan fingerprint density at radius 1 is 0.417 bits per heavy atom. The summed E-state index contributed by atoms with van der Waals surface area (Å²) >= 11 is 0. The maximum atomic E-state index is 12.8. The molecule has 10 heteroatoms. The molecule has 0 fully saturated rings. The minimum absolute atomic E-state index is 0.0261. The third-order valence-electron chi connectivity index (χ3n) is 14.3. The number of quaternary nitrogens is 1. The summed E-state index contributed by atoms with van der Waals surface area (Å²) in [7, 11) is 1.19. The van der Waals surface area contributed by atoms with E-state index in [1.807, 2.05) is 21.1 Å². The predicted octanol–water partition coefficient (Wildman–Crippen LogP) is 19.0. The van der Waals surface area contributed by atoms with Gasteiger partial charge in [-0.05, 0) is 38.5 Å². The standard InChI is InChI=1S/C62H122NO8P/c1-6-8-10-12-14-16-18-19-20-21-22-23-24-25-26-27-28-29-30-31-32-33-34-35-36-37-38-39-40-41-42-43-45-47-49-51-53-55-62(65)71-60(59-70-72(66,67)69-57-56-63(3,4)5)58-68-61(64)54-52-50-48-46-44-17-15-13-11-9-7-2/h21-22,60H,6-20,23-59H2,1-5H3/b22-21-. The first-order valence-corrected chi connectivity index (χ1v) is 32.9. The van der Waals surface area contributed by atoms with Gasteiger partial charge < -0.3 is 27.9 Å². The second kappa shape index (κ2) is 54.5. The Bertz CT molecular complexity index is 1220. The molecule has 72 heavy (non-hydrogen) atoms. The van der Waals surface area contributed by atoms with Crippen LogP contribution in [0, 0.1) is 0 Å². The van der Waals surface area contributed by atoms with Crippen LogP contribution in [-0.4, -0.2) is 70.0 Å². The molecule has 0 radical (unpaired) electrons. The van der Waals surface area contributed by atoms with E-state index in [4.69, 9.17) is 18.5 Å². The summed E-state index contributed by atoms with van der Waals surface area (Å²) in [6.45, 7) is 4.28. The number of esters is 2. The number of carbonyl (C=O) groups excluding carboxylic acids is 2. The van der Waals surface area contributed by atoms with Crippen LogP contribution in [0.5, 0.6) is 0 Å². The van der Waals surface area contributed by atoms with Gasteiger partial charge in [-0.15, -0.1) is 0 Å². The summed E-state index contributed by atoms with van der Waals surface area (Å²) in [6.07, 6.45) is 64.5. The summed E-state index contributed by atoms with van der Waals surface area (Å²) in [5, 5.41) is 0. The zero-order valence-electron chi connectivity index (χ0n) is 48.7. The van der Waals surface area contributed by atoms with Crippen LogP contribution in [0.2, 0.25) is 0 Å². The summed E-state index contributed by atoms with van der Waals surface area (Å²) < 4.78 is 34.1. The Hall–Kier alpha value is -1.25. The predicted molar refractivity (Wildman–Crippen MR) is 305 cm³/mol. The van der Waals surface area contributed by atoms with Gasteiger partial charge in [0.1, 0.15) is 19.8 Å². The third kappa shape index (κ3) is 58.0. The molecule has 9 nitrogen and oxygen atoms in total. The number of hydrogen-bond acceptors (Lipinski definition) is 8. The maximum absolute atomic E-state index is 12.8. The van der Waals surface area contributed by atoms with E-state index in [0.29, 0.717) is 17.4 Å². The van der Waals surface area contributed by atoms with Gasteiger partial charge in [0, 0.05) is 12.8 Å². The van der Waals surface area contributed by atoms with E-state index in [1.165, 1.54) is 257 Å². The molecule has 428 valence electrons. The van der Waals surface area contributed by atoms with Crippen LogP contribution in [0.4, 0.5) is 0 Å². The summed E-state index contributed by atoms with van der Waals surface area (Å²) in [5.41, 5.74) is 0. The van der Waals surface area contributed by atoms with Crippen molar-refractivity contribution in [3.8, 4) is 0 Å². The summed E-state index contributed by atoms with van der Waals surface area (Å²) in [5.74, 6) is -0.816. The number of phosphoric acid groups is 1. The minimum atomic E-state index is -4.62. The molecule has 0 rings (SSSR count). The van der Waals surface area contributed by atoms with E-state index in [1.54, 1.807) is 0 Å². The number of likely N-dealkylation sites (N-methyl/N-ethyl adjacent to an activating group) is 1.